The monoisotopic (exact) mass is 441 g/mol. The second-order valence-corrected chi connectivity index (χ2v) is 7.85. The van der Waals surface area contributed by atoms with Gasteiger partial charge in [0, 0.05) is 5.69 Å². The summed E-state index contributed by atoms with van der Waals surface area (Å²) < 4.78 is 13.4. The number of fused-ring (bicyclic) bond motifs is 1. The van der Waals surface area contributed by atoms with E-state index in [1.807, 2.05) is 24.8 Å². The lowest BCUT2D eigenvalue weighted by Crippen LogP contribution is -2.46. The van der Waals surface area contributed by atoms with Crippen LogP contribution < -0.4 is 11.1 Å². The van der Waals surface area contributed by atoms with Gasteiger partial charge in [-0.2, -0.15) is 0 Å². The summed E-state index contributed by atoms with van der Waals surface area (Å²) in [6.45, 7) is 3.76. The molecule has 2 heterocycles. The number of benzene rings is 2. The smallest absolute Gasteiger partial charge is 0.257 e. The average molecular weight is 442 g/mol. The lowest BCUT2D eigenvalue weighted by Gasteiger charge is -2.31. The van der Waals surface area contributed by atoms with Gasteiger partial charge in [0.2, 0.25) is 0 Å². The molecule has 0 aliphatic carbocycles. The summed E-state index contributed by atoms with van der Waals surface area (Å²) in [5.74, 6) is -0.0141. The number of anilines is 1. The summed E-state index contributed by atoms with van der Waals surface area (Å²) in [5, 5.41) is 13.4. The van der Waals surface area contributed by atoms with Gasteiger partial charge in [-0.15, -0.1) is 0 Å². The van der Waals surface area contributed by atoms with E-state index in [-0.39, 0.29) is 17.6 Å². The van der Waals surface area contributed by atoms with Crippen LogP contribution in [0.25, 0.3) is 0 Å². The van der Waals surface area contributed by atoms with Gasteiger partial charge in [-0.25, -0.2) is 9.38 Å². The number of carbonyl (C=O) groups excluding carboxylic acids is 1. The Morgan fingerprint density at radius 3 is 2.77 bits per heavy atom. The number of hydrogen-bond acceptors (Lipinski definition) is 6. The predicted molar refractivity (Wildman–Crippen MR) is 118 cm³/mol. The van der Waals surface area contributed by atoms with Gasteiger partial charge in [0.15, 0.2) is 6.10 Å². The number of hydrogen-bond donors (Lipinski definition) is 3. The Bertz CT molecular complexity index is 1150. The van der Waals surface area contributed by atoms with Crippen LogP contribution in [0, 0.1) is 12.7 Å². The third-order valence-corrected chi connectivity index (χ3v) is 5.65. The number of aryl methyl sites for hydroxylation is 1. The summed E-state index contributed by atoms with van der Waals surface area (Å²) in [4.78, 5) is 23.2. The van der Waals surface area contributed by atoms with Gasteiger partial charge in [-0.05, 0) is 54.8 Å². The molecule has 2 aromatic rings. The molecule has 0 radical (unpaired) electrons. The van der Waals surface area contributed by atoms with Crippen molar-refractivity contribution in [2.75, 3.05) is 5.32 Å². The maximum Gasteiger partial charge on any atom is 0.257 e. The van der Waals surface area contributed by atoms with Crippen LogP contribution in [-0.2, 0) is 4.79 Å². The van der Waals surface area contributed by atoms with Crippen molar-refractivity contribution in [3.05, 3.63) is 76.3 Å². The van der Waals surface area contributed by atoms with E-state index in [0.29, 0.717) is 16.7 Å². The highest BCUT2D eigenvalue weighted by Crippen LogP contribution is 2.38. The van der Waals surface area contributed by atoms with E-state index in [4.69, 9.17) is 22.3 Å². The highest BCUT2D eigenvalue weighted by molar-refractivity contribution is 6.31. The summed E-state index contributed by atoms with van der Waals surface area (Å²) in [7, 11) is 0. The number of nitrogens with two attached hydrogens (primary N) is 1. The first-order valence-electron chi connectivity index (χ1n) is 9.63. The molecule has 0 saturated heterocycles. The summed E-state index contributed by atoms with van der Waals surface area (Å²) >= 11 is 6.29. The van der Waals surface area contributed by atoms with E-state index in [2.05, 4.69) is 10.3 Å². The lowest BCUT2D eigenvalue weighted by atomic mass is 9.94. The largest absolute Gasteiger partial charge is 0.385 e. The number of rotatable bonds is 4. The van der Waals surface area contributed by atoms with Gasteiger partial charge in [-0.1, -0.05) is 29.8 Å². The molecule has 0 aromatic heterocycles. The van der Waals surface area contributed by atoms with Crippen LogP contribution >= 0.6 is 11.6 Å². The van der Waals surface area contributed by atoms with Crippen molar-refractivity contribution < 1.29 is 14.3 Å². The van der Waals surface area contributed by atoms with Crippen molar-refractivity contribution in [1.29, 1.82) is 0 Å². The summed E-state index contributed by atoms with van der Waals surface area (Å²) in [6, 6.07) is 10.0. The number of nitrogens with zero attached hydrogens (tertiary/aromatic N) is 3. The average Bonchev–Trinajstić information content (AvgIpc) is 3.08. The highest BCUT2D eigenvalue weighted by atomic mass is 35.5. The molecule has 2 aliphatic heterocycles. The third-order valence-electron chi connectivity index (χ3n) is 5.37. The number of amidine groups is 2. The number of nitrogens with one attached hydrogen (secondary N) is 1. The molecular weight excluding hydrogens is 421 g/mol. The molecule has 9 heteroatoms. The van der Waals surface area contributed by atoms with Crippen LogP contribution in [-0.4, -0.2) is 33.6 Å². The standard InChI is InChI=1S/C22H21ClFN5O2/c1-11-8-15(28-22(31)20(30)13-4-3-5-14(24)9-13)6-7-16(11)18-19-21(25)26-10-17(23)29(19)12(2)27-18/h3-10,18-20,30H,1-2H3,(H2,25,26)(H,28,31). The first-order valence-corrected chi connectivity index (χ1v) is 10.0. The fourth-order valence-corrected chi connectivity index (χ4v) is 4.16. The molecule has 3 unspecified atom stereocenters. The number of halogens is 2. The lowest BCUT2D eigenvalue weighted by molar-refractivity contribution is -0.124. The van der Waals surface area contributed by atoms with Crippen molar-refractivity contribution in [3.8, 4) is 0 Å². The minimum absolute atomic E-state index is 0.179. The van der Waals surface area contributed by atoms with Gasteiger partial charge in [0.25, 0.3) is 5.91 Å². The number of aliphatic imine (C=N–C) groups is 2. The minimum atomic E-state index is -1.49. The molecule has 31 heavy (non-hydrogen) atoms. The third kappa shape index (κ3) is 3.92. The van der Waals surface area contributed by atoms with Crippen molar-refractivity contribution in [1.82, 2.24) is 4.90 Å². The molecule has 7 nitrogen and oxygen atoms in total. The Morgan fingerprint density at radius 2 is 2.06 bits per heavy atom. The van der Waals surface area contributed by atoms with E-state index in [0.717, 1.165) is 23.0 Å². The molecule has 0 spiro atoms. The van der Waals surface area contributed by atoms with Gasteiger partial charge in [0.05, 0.1) is 6.20 Å². The molecule has 0 saturated carbocycles. The van der Waals surface area contributed by atoms with Crippen LogP contribution in [0.15, 0.2) is 63.8 Å². The van der Waals surface area contributed by atoms with Crippen LogP contribution in [0.3, 0.4) is 0 Å². The van der Waals surface area contributed by atoms with Crippen LogP contribution in [0.2, 0.25) is 0 Å². The quantitative estimate of drug-likeness (QED) is 0.633. The number of aliphatic hydroxyl groups excluding tert-OH is 1. The van der Waals surface area contributed by atoms with Crippen molar-refractivity contribution >= 4 is 34.9 Å². The van der Waals surface area contributed by atoms with E-state index >= 15 is 0 Å². The SMILES string of the molecule is CC1=NC(c2ccc(NC(=O)C(O)c3cccc(F)c3)cc2C)C2C(N)=NC=C(Cl)N12. The maximum atomic E-state index is 13.4. The molecule has 0 fully saturated rings. The van der Waals surface area contributed by atoms with E-state index in [9.17, 15) is 14.3 Å². The molecular formula is C22H21ClFN5O2. The van der Waals surface area contributed by atoms with Crippen LogP contribution in [0.4, 0.5) is 10.1 Å². The Balaban J connectivity index is 1.54. The number of amides is 1. The van der Waals surface area contributed by atoms with E-state index in [1.54, 1.807) is 12.1 Å². The first kappa shape index (κ1) is 21.0. The molecule has 4 N–H and O–H groups in total. The van der Waals surface area contributed by atoms with Gasteiger partial charge < -0.3 is 21.1 Å². The Kier molecular flexibility index (Phi) is 5.51. The molecule has 2 aliphatic rings. The molecule has 2 aromatic carbocycles. The first-order chi connectivity index (χ1) is 14.8. The maximum absolute atomic E-state index is 13.4. The second-order valence-electron chi connectivity index (χ2n) is 7.46. The van der Waals surface area contributed by atoms with Crippen molar-refractivity contribution in [3.63, 3.8) is 0 Å². The Labute approximate surface area is 183 Å². The van der Waals surface area contributed by atoms with E-state index in [1.165, 1.54) is 24.4 Å². The zero-order chi connectivity index (χ0) is 22.3. The fourth-order valence-electron chi connectivity index (χ4n) is 3.89. The predicted octanol–water partition coefficient (Wildman–Crippen LogP) is 3.36. The molecule has 0 bridgehead atoms. The topological polar surface area (TPSA) is 103 Å². The highest BCUT2D eigenvalue weighted by Gasteiger charge is 2.41. The zero-order valence-electron chi connectivity index (χ0n) is 16.9. The van der Waals surface area contributed by atoms with Crippen LogP contribution in [0.1, 0.15) is 35.8 Å². The fraction of sp³-hybridized carbons (Fsp3) is 0.227. The van der Waals surface area contributed by atoms with E-state index < -0.39 is 17.8 Å². The van der Waals surface area contributed by atoms with Crippen LogP contribution in [0.5, 0.6) is 0 Å². The van der Waals surface area contributed by atoms with Gasteiger partial charge >= 0.3 is 0 Å². The van der Waals surface area contributed by atoms with Gasteiger partial charge in [0.1, 0.15) is 34.7 Å². The normalized spacial score (nSPS) is 21.1. The summed E-state index contributed by atoms with van der Waals surface area (Å²) in [6.07, 6.45) is 0.0167. The summed E-state index contributed by atoms with van der Waals surface area (Å²) in [5.41, 5.74) is 8.61. The van der Waals surface area contributed by atoms with Gasteiger partial charge in [-0.3, -0.25) is 9.79 Å². The Hall–Kier alpha value is -3.23. The second kappa shape index (κ2) is 8.13. The molecule has 160 valence electrons. The molecule has 1 amide bonds. The minimum Gasteiger partial charge on any atom is -0.385 e. The Morgan fingerprint density at radius 1 is 1.29 bits per heavy atom. The number of carbonyl (C=O) groups is 1. The molecule has 3 atom stereocenters. The van der Waals surface area contributed by atoms with Crippen molar-refractivity contribution in [2.45, 2.75) is 32.0 Å². The number of aliphatic hydroxyl groups is 1. The molecule has 4 rings (SSSR count). The zero-order valence-corrected chi connectivity index (χ0v) is 17.6. The van der Waals surface area contributed by atoms with Crippen molar-refractivity contribution in [2.24, 2.45) is 15.7 Å².